The molecule has 2 aromatic carbocycles. The van der Waals surface area contributed by atoms with Crippen LogP contribution >= 0.6 is 0 Å². The normalized spacial score (nSPS) is 33.1. The number of sulfone groups is 1. The molecule has 3 aromatic rings. The molecular formula is C38H39N2O14S+. The minimum absolute atomic E-state index is 0.00442. The summed E-state index contributed by atoms with van der Waals surface area (Å²) in [6.07, 6.45) is -1.44. The Morgan fingerprint density at radius 3 is 2.38 bits per heavy atom. The van der Waals surface area contributed by atoms with Crippen molar-refractivity contribution in [1.29, 1.82) is 0 Å². The molecule has 0 radical (unpaired) electrons. The molecular weight excluding hydrogens is 740 g/mol. The maximum absolute atomic E-state index is 14.3. The molecule has 55 heavy (non-hydrogen) atoms. The molecule has 2 aliphatic heterocycles. The van der Waals surface area contributed by atoms with Gasteiger partial charge in [-0.3, -0.25) is 9.59 Å². The van der Waals surface area contributed by atoms with Gasteiger partial charge in [-0.05, 0) is 82.6 Å². The highest BCUT2D eigenvalue weighted by molar-refractivity contribution is 7.91. The quantitative estimate of drug-likeness (QED) is 0.161. The van der Waals surface area contributed by atoms with Gasteiger partial charge in [-0.1, -0.05) is 43.3 Å². The van der Waals surface area contributed by atoms with Gasteiger partial charge in [-0.15, -0.1) is 0 Å². The van der Waals surface area contributed by atoms with Gasteiger partial charge in [0, 0.05) is 18.3 Å². The van der Waals surface area contributed by atoms with Gasteiger partial charge in [-0.25, -0.2) is 18.0 Å². The van der Waals surface area contributed by atoms with Crippen molar-refractivity contribution >= 4 is 33.3 Å². The fraction of sp³-hybridized carbons (Fsp3) is 0.474. The first-order valence-electron chi connectivity index (χ1n) is 17.9. The molecule has 17 heteroatoms. The van der Waals surface area contributed by atoms with E-state index in [4.69, 9.17) is 18.9 Å². The minimum atomic E-state index is -4.32. The molecule has 3 heterocycles. The van der Waals surface area contributed by atoms with Gasteiger partial charge < -0.3 is 29.2 Å². The summed E-state index contributed by atoms with van der Waals surface area (Å²) in [5.74, 6) is -7.49. The van der Waals surface area contributed by atoms with Crippen molar-refractivity contribution < 1.29 is 66.0 Å². The van der Waals surface area contributed by atoms with E-state index in [1.165, 1.54) is 48.5 Å². The highest BCUT2D eigenvalue weighted by Gasteiger charge is 2.88. The number of fused-ring (bicyclic) bond motifs is 2. The molecule has 1 aromatic heterocycles. The Balaban J connectivity index is 0.965. The number of ether oxygens (including phenoxy) is 4. The molecule has 3 N–H and O–H groups in total. The summed E-state index contributed by atoms with van der Waals surface area (Å²) in [4.78, 5) is 66.8. The Hall–Kier alpha value is -4.97. The van der Waals surface area contributed by atoms with Gasteiger partial charge in [0.15, 0.2) is 5.78 Å². The van der Waals surface area contributed by atoms with Crippen LogP contribution in [0.15, 0.2) is 81.3 Å². The Morgan fingerprint density at radius 2 is 1.69 bits per heavy atom. The molecule has 16 nitrogen and oxygen atoms in total. The first kappa shape index (κ1) is 37.0. The van der Waals surface area contributed by atoms with E-state index in [0.29, 0.717) is 19.3 Å². The van der Waals surface area contributed by atoms with Gasteiger partial charge in [0.25, 0.3) is 9.84 Å². The monoisotopic (exact) mass is 779 g/mol. The van der Waals surface area contributed by atoms with Crippen LogP contribution in [0.1, 0.15) is 60.2 Å². The standard InChI is InChI=1S/C38H39N2O14S/c1-20-24-13-14-25-36-19-52-38(46,29(43)27(36)35(2,3)16-15-26(36)41)37(25,28(20)42)30(24)53-34(45)22-11-9-21(10-12-22)33(44)51-18-17-50-31-32(40(47)54-39-31)55(48,49)23-7-5-4-6-8-23/h4-12,24-25,27,29-30,39,43,46H,1,13-19H2,2-3H3/q+1/t24-,25-,27+,29-,30+,36+,37-,38-/m0/s1. The lowest BCUT2D eigenvalue weighted by molar-refractivity contribution is -0.744. The molecule has 4 bridgehead atoms. The average molecular weight is 780 g/mol. The number of ketones is 2. The fourth-order valence-corrected chi connectivity index (χ4v) is 11.6. The van der Waals surface area contributed by atoms with E-state index in [1.54, 1.807) is 6.07 Å². The average Bonchev–Trinajstić information content (AvgIpc) is 3.60. The zero-order chi connectivity index (χ0) is 39.3. The fourth-order valence-electron chi connectivity index (χ4n) is 10.3. The van der Waals surface area contributed by atoms with Crippen LogP contribution < -0.4 is 9.34 Å². The number of aliphatic hydroxyl groups is 2. The maximum atomic E-state index is 14.3. The largest absolute Gasteiger partial charge is 0.458 e. The predicted octanol–water partition coefficient (Wildman–Crippen LogP) is 2.35. The predicted molar refractivity (Wildman–Crippen MR) is 183 cm³/mol. The lowest BCUT2D eigenvalue weighted by atomic mass is 9.36. The number of benzene rings is 2. The lowest BCUT2D eigenvalue weighted by Crippen LogP contribution is -2.85. The van der Waals surface area contributed by atoms with Gasteiger partial charge in [0.05, 0.1) is 28.0 Å². The third-order valence-electron chi connectivity index (χ3n) is 12.7. The summed E-state index contributed by atoms with van der Waals surface area (Å²) in [5.41, 5.74) is -3.61. The number of aromatic amines is 1. The number of nitrogens with one attached hydrogen (secondary N) is 1. The SMILES string of the molecule is C=C1C(=O)[C@]23[C@H](OC(=O)c4ccc(C(=O)OCCOc5[nH]o[n+](=O)c5S(=O)(=O)c5ccccc5)cc4)[C@H]1CC[C@H]2[C@@]12CO[C@@]3(O)[C@@H](O)[C@@H]1C(C)(C)CCC2=O. The van der Waals surface area contributed by atoms with Crippen molar-refractivity contribution in [3.05, 3.63) is 82.8 Å². The van der Waals surface area contributed by atoms with Crippen LogP contribution in [0.25, 0.3) is 0 Å². The summed E-state index contributed by atoms with van der Waals surface area (Å²) >= 11 is 0. The summed E-state index contributed by atoms with van der Waals surface area (Å²) < 4.78 is 52.9. The third kappa shape index (κ3) is 4.95. The van der Waals surface area contributed by atoms with Crippen LogP contribution in [0.4, 0.5) is 0 Å². The van der Waals surface area contributed by atoms with Gasteiger partial charge >= 0.3 is 22.8 Å². The van der Waals surface area contributed by atoms with E-state index in [0.717, 1.165) is 0 Å². The number of carbonyl (C=O) groups excluding carboxylic acids is 4. The second-order valence-electron chi connectivity index (χ2n) is 15.6. The summed E-state index contributed by atoms with van der Waals surface area (Å²) in [7, 11) is -4.32. The summed E-state index contributed by atoms with van der Waals surface area (Å²) in [6.45, 7) is 7.00. The Bertz CT molecular complexity index is 2300. The first-order valence-corrected chi connectivity index (χ1v) is 19.4. The highest BCUT2D eigenvalue weighted by atomic mass is 32.2. The molecule has 4 aliphatic carbocycles. The van der Waals surface area contributed by atoms with Crippen LogP contribution in [0.2, 0.25) is 0 Å². The summed E-state index contributed by atoms with van der Waals surface area (Å²) in [5, 5.41) is 25.5. The van der Waals surface area contributed by atoms with Crippen molar-refractivity contribution in [2.75, 3.05) is 19.8 Å². The number of H-pyrrole nitrogens is 1. The van der Waals surface area contributed by atoms with E-state index in [1.807, 2.05) is 13.8 Å². The molecule has 0 unspecified atom stereocenters. The maximum Gasteiger partial charge on any atom is 0.404 e. The number of carbonyl (C=O) groups is 4. The molecule has 2 spiro atoms. The van der Waals surface area contributed by atoms with Crippen LogP contribution in [0.3, 0.4) is 0 Å². The molecule has 4 saturated carbocycles. The molecule has 6 aliphatic rings. The molecule has 8 atom stereocenters. The van der Waals surface area contributed by atoms with Crippen LogP contribution in [0.5, 0.6) is 5.88 Å². The Kier molecular flexibility index (Phi) is 8.42. The number of esters is 2. The highest BCUT2D eigenvalue weighted by Crippen LogP contribution is 2.76. The first-order chi connectivity index (χ1) is 26.0. The number of hydrogen-bond acceptors (Lipinski definition) is 14. The number of Topliss-reactive ketones (excluding diaryl/α,β-unsaturated/α-hetero) is 2. The molecule has 9 rings (SSSR count). The van der Waals surface area contributed by atoms with Gasteiger partial charge in [0.1, 0.15) is 36.6 Å². The van der Waals surface area contributed by atoms with Crippen molar-refractivity contribution in [1.82, 2.24) is 5.16 Å². The van der Waals surface area contributed by atoms with E-state index in [9.17, 15) is 42.7 Å². The zero-order valence-electron chi connectivity index (χ0n) is 29.9. The number of aromatic nitrogens is 2. The van der Waals surface area contributed by atoms with Gasteiger partial charge in [-0.2, -0.15) is 0 Å². The number of rotatable bonds is 9. The van der Waals surface area contributed by atoms with Crippen molar-refractivity contribution in [2.45, 2.75) is 67.4 Å². The molecule has 2 saturated heterocycles. The molecule has 290 valence electrons. The molecule has 6 fully saturated rings. The van der Waals surface area contributed by atoms with Crippen molar-refractivity contribution in [3.8, 4) is 5.88 Å². The second-order valence-corrected chi connectivity index (χ2v) is 17.5. The summed E-state index contributed by atoms with van der Waals surface area (Å²) in [6, 6.07) is 12.4. The van der Waals surface area contributed by atoms with Crippen molar-refractivity contribution in [3.63, 3.8) is 0 Å². The number of nitrogens with zero attached hydrogens (tertiary/aromatic N) is 1. The van der Waals surface area contributed by atoms with E-state index in [-0.39, 0.29) is 58.2 Å². The Morgan fingerprint density at radius 1 is 1.02 bits per heavy atom. The number of aliphatic hydroxyl groups excluding tert-OH is 1. The second kappa shape index (κ2) is 12.5. The topological polar surface area (TPSA) is 232 Å². The van der Waals surface area contributed by atoms with E-state index < -0.39 is 90.5 Å². The Labute approximate surface area is 313 Å². The van der Waals surface area contributed by atoms with E-state index >= 15 is 0 Å². The zero-order valence-corrected chi connectivity index (χ0v) is 30.7. The number of hydrogen-bond donors (Lipinski definition) is 3. The van der Waals surface area contributed by atoms with E-state index in [2.05, 4.69) is 16.4 Å². The third-order valence-corrected chi connectivity index (χ3v) is 14.4. The van der Waals surface area contributed by atoms with Crippen LogP contribution in [0, 0.1) is 38.9 Å². The van der Waals surface area contributed by atoms with Gasteiger partial charge in [0.2, 0.25) is 10.4 Å². The lowest BCUT2D eigenvalue weighted by Gasteiger charge is -2.72. The minimum Gasteiger partial charge on any atom is -0.458 e. The molecule has 0 amide bonds. The van der Waals surface area contributed by atoms with Crippen molar-refractivity contribution in [2.24, 2.45) is 34.0 Å². The van der Waals surface area contributed by atoms with Crippen LogP contribution in [-0.4, -0.2) is 85.1 Å². The smallest absolute Gasteiger partial charge is 0.404 e. The van der Waals surface area contributed by atoms with Crippen LogP contribution in [-0.2, 0) is 33.6 Å².